The summed E-state index contributed by atoms with van der Waals surface area (Å²) in [5, 5.41) is 46.0. The molecule has 202 valence electrons. The Bertz CT molecular complexity index is 1240. The van der Waals surface area contributed by atoms with Crippen molar-refractivity contribution in [2.75, 3.05) is 18.2 Å². The van der Waals surface area contributed by atoms with Gasteiger partial charge in [-0.3, -0.25) is 9.59 Å². The number of fused-ring (bicyclic) bond motifs is 1. The maximum atomic E-state index is 13.0. The highest BCUT2D eigenvalue weighted by molar-refractivity contribution is 7.99. The Morgan fingerprint density at radius 3 is 2.58 bits per heavy atom. The minimum Gasteiger partial charge on any atom is -0.387 e. The molecule has 0 bridgehead atoms. The number of thioether (sulfide) groups is 1. The van der Waals surface area contributed by atoms with Crippen LogP contribution in [0.3, 0.4) is 0 Å². The number of rotatable bonds is 8. The number of carbonyl (C=O) groups is 2. The number of amides is 2. The molecule has 1 heterocycles. The first-order chi connectivity index (χ1) is 17.9. The van der Waals surface area contributed by atoms with Crippen LogP contribution in [0.1, 0.15) is 26.3 Å². The summed E-state index contributed by atoms with van der Waals surface area (Å²) in [5.41, 5.74) is 2.48. The molecule has 5 N–H and O–H groups in total. The second-order valence-electron chi connectivity index (χ2n) is 10.1. The van der Waals surface area contributed by atoms with E-state index in [4.69, 9.17) is 4.74 Å². The molecule has 0 saturated heterocycles. The summed E-state index contributed by atoms with van der Waals surface area (Å²) in [6.07, 6.45) is -3.37. The second kappa shape index (κ2) is 12.6. The summed E-state index contributed by atoms with van der Waals surface area (Å²) in [4.78, 5) is 26.8. The Kier molecular flexibility index (Phi) is 9.71. The molecule has 0 fully saturated rings. The lowest BCUT2D eigenvalue weighted by molar-refractivity contribution is -0.150. The summed E-state index contributed by atoms with van der Waals surface area (Å²) in [6, 6.07) is 13.8. The van der Waals surface area contributed by atoms with E-state index in [-0.39, 0.29) is 11.2 Å². The van der Waals surface area contributed by atoms with Gasteiger partial charge in [0.15, 0.2) is 6.10 Å². The lowest BCUT2D eigenvalue weighted by atomic mass is 9.94. The Hall–Kier alpha value is -3.20. The maximum absolute atomic E-state index is 13.0. The number of methoxy groups -OCH3 is 1. The first-order valence-corrected chi connectivity index (χ1v) is 13.1. The molecule has 0 aliphatic carbocycles. The van der Waals surface area contributed by atoms with Crippen molar-refractivity contribution in [3.63, 3.8) is 0 Å². The van der Waals surface area contributed by atoms with Gasteiger partial charge in [0.2, 0.25) is 5.91 Å². The van der Waals surface area contributed by atoms with E-state index in [2.05, 4.69) is 16.7 Å². The van der Waals surface area contributed by atoms with Gasteiger partial charge in [0.05, 0.1) is 17.3 Å². The van der Waals surface area contributed by atoms with Crippen LogP contribution < -0.4 is 10.6 Å². The number of anilines is 1. The quantitative estimate of drug-likeness (QED) is 0.321. The summed E-state index contributed by atoms with van der Waals surface area (Å²) < 4.78 is 5.14. The van der Waals surface area contributed by atoms with E-state index < -0.39 is 42.3 Å². The lowest BCUT2D eigenvalue weighted by Gasteiger charge is -2.28. The predicted octanol–water partition coefficient (Wildman–Crippen LogP) is 2.45. The van der Waals surface area contributed by atoms with Crippen LogP contribution >= 0.6 is 11.8 Å². The molecule has 2 amide bonds. The third-order valence-corrected chi connectivity index (χ3v) is 7.15. The summed E-state index contributed by atoms with van der Waals surface area (Å²) in [7, 11) is 1.19. The van der Waals surface area contributed by atoms with Crippen LogP contribution in [0.4, 0.5) is 5.69 Å². The van der Waals surface area contributed by atoms with Crippen molar-refractivity contribution in [3.05, 3.63) is 60.2 Å². The van der Waals surface area contributed by atoms with Crippen molar-refractivity contribution < 1.29 is 29.6 Å². The fourth-order valence-electron chi connectivity index (χ4n) is 3.88. The van der Waals surface area contributed by atoms with Gasteiger partial charge in [0.1, 0.15) is 24.4 Å². The van der Waals surface area contributed by atoms with Crippen molar-refractivity contribution in [1.82, 2.24) is 5.32 Å². The third-order valence-electron chi connectivity index (χ3n) is 5.92. The molecule has 2 aromatic carbocycles. The van der Waals surface area contributed by atoms with Crippen molar-refractivity contribution in [3.8, 4) is 17.2 Å². The highest BCUT2D eigenvalue weighted by atomic mass is 32.2. The Balaban J connectivity index is 1.74. The number of hydrogen-bond donors (Lipinski definition) is 5. The SMILES string of the molecule is CO[C@@H](C(=O)N[C@H]1CSc2c(cccc2-c2cccc(C#N)c2)NC1=O)[C@H](O)[C@@H](O)[C@H](O)/C=C/C(C)(C)C. The van der Waals surface area contributed by atoms with E-state index in [9.17, 15) is 30.2 Å². The number of nitriles is 1. The largest absolute Gasteiger partial charge is 0.387 e. The van der Waals surface area contributed by atoms with Gasteiger partial charge in [-0.05, 0) is 34.7 Å². The predicted molar refractivity (Wildman–Crippen MR) is 145 cm³/mol. The molecule has 0 unspecified atom stereocenters. The smallest absolute Gasteiger partial charge is 0.252 e. The molecule has 0 spiro atoms. The van der Waals surface area contributed by atoms with Gasteiger partial charge in [-0.2, -0.15) is 5.26 Å². The second-order valence-corrected chi connectivity index (χ2v) is 11.1. The van der Waals surface area contributed by atoms with Crippen LogP contribution in [0.5, 0.6) is 0 Å². The van der Waals surface area contributed by atoms with Crippen LogP contribution in [0.25, 0.3) is 11.1 Å². The van der Waals surface area contributed by atoms with E-state index in [0.29, 0.717) is 11.3 Å². The number of benzene rings is 2. The molecule has 1 aliphatic heterocycles. The van der Waals surface area contributed by atoms with Crippen molar-refractivity contribution in [2.24, 2.45) is 5.41 Å². The number of nitrogens with zero attached hydrogens (tertiary/aromatic N) is 1. The van der Waals surface area contributed by atoms with Gasteiger partial charge in [0.25, 0.3) is 5.91 Å². The molecule has 2 aromatic rings. The fourth-order valence-corrected chi connectivity index (χ4v) is 5.07. The molecule has 9 nitrogen and oxygen atoms in total. The molecular formula is C28H33N3O6S. The number of hydrogen-bond acceptors (Lipinski definition) is 8. The third kappa shape index (κ3) is 7.22. The van der Waals surface area contributed by atoms with Crippen LogP contribution in [-0.2, 0) is 14.3 Å². The normalized spacial score (nSPS) is 18.9. The summed E-state index contributed by atoms with van der Waals surface area (Å²) in [6.45, 7) is 5.72. The molecule has 3 rings (SSSR count). The average molecular weight is 540 g/mol. The van der Waals surface area contributed by atoms with E-state index in [1.165, 1.54) is 24.9 Å². The number of ether oxygens (including phenoxy) is 1. The zero-order valence-electron chi connectivity index (χ0n) is 21.7. The molecule has 38 heavy (non-hydrogen) atoms. The van der Waals surface area contributed by atoms with E-state index in [1.807, 2.05) is 32.9 Å². The monoisotopic (exact) mass is 539 g/mol. The standard InChI is InChI=1S/C28H33N3O6S/c1-28(2,3)12-11-21(32)22(33)23(34)24(37-4)27(36)31-20-15-38-25-18(9-6-10-19(25)30-26(20)35)17-8-5-7-16(13-17)14-29/h5-13,20-24,32-34H,15H2,1-4H3,(H,30,35)(H,31,36)/b12-11+/t20-,21+,22-,23+,24+/m0/s1. The maximum Gasteiger partial charge on any atom is 0.252 e. The number of allylic oxidation sites excluding steroid dienone is 1. The number of aliphatic hydroxyl groups excluding tert-OH is 3. The van der Waals surface area contributed by atoms with Crippen molar-refractivity contribution in [1.29, 1.82) is 5.26 Å². The average Bonchev–Trinajstić information content (AvgIpc) is 3.04. The van der Waals surface area contributed by atoms with Gasteiger partial charge >= 0.3 is 0 Å². The molecule has 0 radical (unpaired) electrons. The van der Waals surface area contributed by atoms with Gasteiger partial charge < -0.3 is 30.7 Å². The molecular weight excluding hydrogens is 506 g/mol. The zero-order valence-corrected chi connectivity index (χ0v) is 22.5. The van der Waals surface area contributed by atoms with Crippen LogP contribution in [0.15, 0.2) is 59.5 Å². The van der Waals surface area contributed by atoms with Crippen LogP contribution in [-0.4, -0.2) is 70.5 Å². The topological polar surface area (TPSA) is 152 Å². The van der Waals surface area contributed by atoms with E-state index in [1.54, 1.807) is 36.4 Å². The zero-order chi connectivity index (χ0) is 28.0. The van der Waals surface area contributed by atoms with Crippen LogP contribution in [0.2, 0.25) is 0 Å². The fraction of sp³-hybridized carbons (Fsp3) is 0.393. The minimum atomic E-state index is -1.75. The van der Waals surface area contributed by atoms with Crippen LogP contribution in [0, 0.1) is 16.7 Å². The molecule has 10 heteroatoms. The van der Waals surface area contributed by atoms with Gasteiger partial charge in [-0.15, -0.1) is 11.8 Å². The summed E-state index contributed by atoms with van der Waals surface area (Å²) >= 11 is 1.36. The number of aliphatic hydroxyl groups is 3. The van der Waals surface area contributed by atoms with E-state index >= 15 is 0 Å². The highest BCUT2D eigenvalue weighted by Crippen LogP contribution is 2.39. The Morgan fingerprint density at radius 2 is 1.92 bits per heavy atom. The van der Waals surface area contributed by atoms with E-state index in [0.717, 1.165) is 16.0 Å². The highest BCUT2D eigenvalue weighted by Gasteiger charge is 2.37. The number of nitrogens with one attached hydrogen (secondary N) is 2. The molecule has 0 aromatic heterocycles. The van der Waals surface area contributed by atoms with Crippen molar-refractivity contribution in [2.45, 2.75) is 56.1 Å². The first-order valence-electron chi connectivity index (χ1n) is 12.1. The Labute approximate surface area is 226 Å². The molecule has 1 aliphatic rings. The molecule has 5 atom stereocenters. The summed E-state index contributed by atoms with van der Waals surface area (Å²) in [5.74, 6) is -1.07. The Morgan fingerprint density at radius 1 is 1.21 bits per heavy atom. The first kappa shape index (κ1) is 29.4. The minimum absolute atomic E-state index is 0.186. The van der Waals surface area contributed by atoms with Gasteiger partial charge in [0, 0.05) is 17.8 Å². The van der Waals surface area contributed by atoms with Gasteiger partial charge in [-0.25, -0.2) is 0 Å². The van der Waals surface area contributed by atoms with Gasteiger partial charge in [-0.1, -0.05) is 57.2 Å². The van der Waals surface area contributed by atoms with Crippen molar-refractivity contribution >= 4 is 29.3 Å². The molecule has 0 saturated carbocycles. The lowest BCUT2D eigenvalue weighted by Crippen LogP contribution is -2.55. The number of carbonyl (C=O) groups excluding carboxylic acids is 2.